The standard InChI is InChI=1S/C17H24ClNO2/c1-21-16-5-4-12(18)8-14(16)15(9-19)17(20)13-7-10-2-3-11(13)6-10/h4-5,8,10-11,13,15,17,20H,2-3,6-7,9,19H2,1H3. The third-order valence-electron chi connectivity index (χ3n) is 5.49. The summed E-state index contributed by atoms with van der Waals surface area (Å²) in [5, 5.41) is 11.6. The fourth-order valence-corrected chi connectivity index (χ4v) is 4.64. The Morgan fingerprint density at radius 1 is 1.38 bits per heavy atom. The lowest BCUT2D eigenvalue weighted by atomic mass is 9.77. The van der Waals surface area contributed by atoms with E-state index in [0.717, 1.165) is 23.7 Å². The number of aliphatic hydroxyl groups excluding tert-OH is 1. The largest absolute Gasteiger partial charge is 0.496 e. The Hall–Kier alpha value is -0.770. The summed E-state index contributed by atoms with van der Waals surface area (Å²) in [6.45, 7) is 0.408. The first-order chi connectivity index (χ1) is 10.1. The second-order valence-electron chi connectivity index (χ2n) is 6.56. The molecule has 1 aromatic carbocycles. The molecule has 0 aromatic heterocycles. The number of rotatable bonds is 5. The predicted molar refractivity (Wildman–Crippen MR) is 84.7 cm³/mol. The number of halogens is 1. The molecule has 3 rings (SSSR count). The minimum absolute atomic E-state index is 0.108. The molecule has 2 aliphatic carbocycles. The molecule has 0 radical (unpaired) electrons. The lowest BCUT2D eigenvalue weighted by Gasteiger charge is -2.33. The van der Waals surface area contributed by atoms with E-state index < -0.39 is 6.10 Å². The van der Waals surface area contributed by atoms with Gasteiger partial charge in [-0.1, -0.05) is 18.0 Å². The molecule has 116 valence electrons. The van der Waals surface area contributed by atoms with Gasteiger partial charge in [-0.05, 0) is 55.2 Å². The first kappa shape index (κ1) is 15.1. The van der Waals surface area contributed by atoms with Crippen LogP contribution in [0.25, 0.3) is 0 Å². The molecule has 2 fully saturated rings. The van der Waals surface area contributed by atoms with Gasteiger partial charge in [-0.3, -0.25) is 0 Å². The smallest absolute Gasteiger partial charge is 0.122 e. The molecular formula is C17H24ClNO2. The molecule has 0 aliphatic heterocycles. The quantitative estimate of drug-likeness (QED) is 0.878. The Bertz CT molecular complexity index is 508. The molecule has 0 spiro atoms. The zero-order valence-corrected chi connectivity index (χ0v) is 13.2. The zero-order valence-electron chi connectivity index (χ0n) is 12.5. The number of hydrogen-bond acceptors (Lipinski definition) is 3. The second-order valence-corrected chi connectivity index (χ2v) is 6.99. The van der Waals surface area contributed by atoms with Gasteiger partial charge in [-0.25, -0.2) is 0 Å². The van der Waals surface area contributed by atoms with Crippen LogP contribution in [0.15, 0.2) is 18.2 Å². The van der Waals surface area contributed by atoms with Gasteiger partial charge >= 0.3 is 0 Å². The van der Waals surface area contributed by atoms with E-state index in [0.29, 0.717) is 23.4 Å². The molecule has 5 atom stereocenters. The van der Waals surface area contributed by atoms with Crippen LogP contribution in [-0.4, -0.2) is 24.9 Å². The van der Waals surface area contributed by atoms with E-state index in [9.17, 15) is 5.11 Å². The average Bonchev–Trinajstić information content (AvgIpc) is 3.11. The van der Waals surface area contributed by atoms with Gasteiger partial charge in [0, 0.05) is 23.0 Å². The highest BCUT2D eigenvalue weighted by atomic mass is 35.5. The highest BCUT2D eigenvalue weighted by Gasteiger charge is 2.45. The summed E-state index contributed by atoms with van der Waals surface area (Å²) in [6, 6.07) is 5.55. The Balaban J connectivity index is 1.86. The molecule has 3 nitrogen and oxygen atoms in total. The van der Waals surface area contributed by atoms with E-state index in [2.05, 4.69) is 0 Å². The summed E-state index contributed by atoms with van der Waals surface area (Å²) in [5.74, 6) is 2.51. The van der Waals surface area contributed by atoms with Crippen molar-refractivity contribution in [1.82, 2.24) is 0 Å². The third-order valence-corrected chi connectivity index (χ3v) is 5.72. The van der Waals surface area contributed by atoms with Crippen LogP contribution in [0.2, 0.25) is 5.02 Å². The van der Waals surface area contributed by atoms with Gasteiger partial charge in [0.15, 0.2) is 0 Å². The fraction of sp³-hybridized carbons (Fsp3) is 0.647. The van der Waals surface area contributed by atoms with E-state index in [1.54, 1.807) is 13.2 Å². The van der Waals surface area contributed by atoms with E-state index in [1.807, 2.05) is 12.1 Å². The molecular weight excluding hydrogens is 286 g/mol. The Morgan fingerprint density at radius 2 is 2.19 bits per heavy atom. The fourth-order valence-electron chi connectivity index (χ4n) is 4.46. The maximum absolute atomic E-state index is 10.9. The van der Waals surface area contributed by atoms with Crippen molar-refractivity contribution >= 4 is 11.6 Å². The van der Waals surface area contributed by atoms with Crippen LogP contribution in [0.3, 0.4) is 0 Å². The molecule has 2 bridgehead atoms. The van der Waals surface area contributed by atoms with Gasteiger partial charge in [0.25, 0.3) is 0 Å². The monoisotopic (exact) mass is 309 g/mol. The molecule has 0 amide bonds. The zero-order chi connectivity index (χ0) is 15.0. The lowest BCUT2D eigenvalue weighted by molar-refractivity contribution is 0.0525. The Labute approximate surface area is 131 Å². The van der Waals surface area contributed by atoms with Crippen molar-refractivity contribution in [3.8, 4) is 5.75 Å². The summed E-state index contributed by atoms with van der Waals surface area (Å²) < 4.78 is 5.43. The van der Waals surface area contributed by atoms with Gasteiger partial charge in [-0.15, -0.1) is 0 Å². The van der Waals surface area contributed by atoms with Crippen molar-refractivity contribution in [2.75, 3.05) is 13.7 Å². The molecule has 2 aliphatic rings. The number of methoxy groups -OCH3 is 1. The normalized spacial score (nSPS) is 30.4. The van der Waals surface area contributed by atoms with Crippen LogP contribution >= 0.6 is 11.6 Å². The number of ether oxygens (including phenoxy) is 1. The van der Waals surface area contributed by atoms with Gasteiger partial charge in [0.2, 0.25) is 0 Å². The van der Waals surface area contributed by atoms with Crippen LogP contribution < -0.4 is 10.5 Å². The van der Waals surface area contributed by atoms with Crippen LogP contribution in [0.4, 0.5) is 0 Å². The summed E-state index contributed by atoms with van der Waals surface area (Å²) in [5.41, 5.74) is 6.92. The van der Waals surface area contributed by atoms with Crippen molar-refractivity contribution in [1.29, 1.82) is 0 Å². The third kappa shape index (κ3) is 2.79. The first-order valence-electron chi connectivity index (χ1n) is 7.85. The van der Waals surface area contributed by atoms with Crippen LogP contribution in [-0.2, 0) is 0 Å². The van der Waals surface area contributed by atoms with Crippen LogP contribution in [0, 0.1) is 17.8 Å². The average molecular weight is 310 g/mol. The number of aliphatic hydroxyl groups is 1. The highest BCUT2D eigenvalue weighted by Crippen LogP contribution is 2.51. The number of hydrogen-bond donors (Lipinski definition) is 2. The Morgan fingerprint density at radius 3 is 2.76 bits per heavy atom. The van der Waals surface area contributed by atoms with Gasteiger partial charge in [0.05, 0.1) is 13.2 Å². The summed E-state index contributed by atoms with van der Waals surface area (Å²) in [4.78, 5) is 0. The predicted octanol–water partition coefficient (Wildman–Crippen LogP) is 3.19. The minimum atomic E-state index is -0.405. The van der Waals surface area contributed by atoms with E-state index in [-0.39, 0.29) is 5.92 Å². The van der Waals surface area contributed by atoms with Crippen molar-refractivity contribution in [3.63, 3.8) is 0 Å². The van der Waals surface area contributed by atoms with Crippen molar-refractivity contribution in [2.45, 2.75) is 37.7 Å². The number of nitrogens with two attached hydrogens (primary N) is 1. The molecule has 2 saturated carbocycles. The van der Waals surface area contributed by atoms with Crippen molar-refractivity contribution in [3.05, 3.63) is 28.8 Å². The van der Waals surface area contributed by atoms with Crippen molar-refractivity contribution < 1.29 is 9.84 Å². The van der Waals surface area contributed by atoms with E-state index in [1.165, 1.54) is 19.3 Å². The molecule has 0 heterocycles. The van der Waals surface area contributed by atoms with Crippen LogP contribution in [0.1, 0.15) is 37.2 Å². The van der Waals surface area contributed by atoms with E-state index >= 15 is 0 Å². The van der Waals surface area contributed by atoms with Gasteiger partial charge < -0.3 is 15.6 Å². The summed E-state index contributed by atoms with van der Waals surface area (Å²) >= 11 is 6.12. The molecule has 21 heavy (non-hydrogen) atoms. The highest BCUT2D eigenvalue weighted by molar-refractivity contribution is 6.30. The first-order valence-corrected chi connectivity index (χ1v) is 8.23. The van der Waals surface area contributed by atoms with Crippen LogP contribution in [0.5, 0.6) is 5.75 Å². The van der Waals surface area contributed by atoms with Gasteiger partial charge in [0.1, 0.15) is 5.75 Å². The van der Waals surface area contributed by atoms with E-state index in [4.69, 9.17) is 22.1 Å². The minimum Gasteiger partial charge on any atom is -0.496 e. The van der Waals surface area contributed by atoms with Gasteiger partial charge in [-0.2, -0.15) is 0 Å². The summed E-state index contributed by atoms with van der Waals surface area (Å²) in [6.07, 6.45) is 4.62. The maximum Gasteiger partial charge on any atom is 0.122 e. The van der Waals surface area contributed by atoms with Crippen molar-refractivity contribution in [2.24, 2.45) is 23.5 Å². The lowest BCUT2D eigenvalue weighted by Crippen LogP contribution is -2.35. The SMILES string of the molecule is COc1ccc(Cl)cc1C(CN)C(O)C1CC2CCC1C2. The molecule has 1 aromatic rings. The number of fused-ring (bicyclic) bond motifs is 2. The summed E-state index contributed by atoms with van der Waals surface area (Å²) in [7, 11) is 1.64. The molecule has 0 saturated heterocycles. The molecule has 5 unspecified atom stereocenters. The maximum atomic E-state index is 10.9. The second kappa shape index (κ2) is 6.15. The molecule has 4 heteroatoms. The number of benzene rings is 1. The topological polar surface area (TPSA) is 55.5 Å². The molecule has 3 N–H and O–H groups in total. The Kier molecular flexibility index (Phi) is 4.43.